The van der Waals surface area contributed by atoms with Gasteiger partial charge >= 0.3 is 0 Å². The van der Waals surface area contributed by atoms with Gasteiger partial charge in [-0.05, 0) is 49.2 Å². The van der Waals surface area contributed by atoms with Gasteiger partial charge in [-0.3, -0.25) is 9.08 Å². The van der Waals surface area contributed by atoms with E-state index in [1.54, 1.807) is 24.3 Å². The van der Waals surface area contributed by atoms with Gasteiger partial charge in [-0.25, -0.2) is 0 Å². The molecule has 0 N–H and O–H groups in total. The Hall–Kier alpha value is -1.51. The summed E-state index contributed by atoms with van der Waals surface area (Å²) in [5.74, 6) is 0. The average Bonchev–Trinajstić information content (AvgIpc) is 3.07. The normalized spacial score (nSPS) is 20.6. The summed E-state index contributed by atoms with van der Waals surface area (Å²) in [4.78, 5) is 2.51. The Morgan fingerprint density at radius 1 is 1.03 bits per heavy atom. The quantitative estimate of drug-likeness (QED) is 0.380. The molecule has 7 heteroatoms. The fraction of sp³-hybridized carbons (Fsp3) is 0.520. The van der Waals surface area contributed by atoms with E-state index in [4.69, 9.17) is 8.61 Å². The van der Waals surface area contributed by atoms with Crippen LogP contribution in [0.4, 0.5) is 0 Å². The summed E-state index contributed by atoms with van der Waals surface area (Å²) in [5, 5.41) is 0.126. The van der Waals surface area contributed by atoms with Gasteiger partial charge in [0.2, 0.25) is 0 Å². The zero-order valence-corrected chi connectivity index (χ0v) is 22.0. The summed E-state index contributed by atoms with van der Waals surface area (Å²) in [5.41, 5.74) is 2.22. The summed E-state index contributed by atoms with van der Waals surface area (Å²) in [6.45, 7) is 15.0. The van der Waals surface area contributed by atoms with Gasteiger partial charge in [0.15, 0.2) is 8.32 Å². The standard InChI is InChI=1S/C25H37NO4SSi/c1-20-12-14-24(15-13-20)31(27,28)30-23-16-22(19-29-32(5,6)25(2,3)4)26(18-23)17-21-10-8-7-9-11-21/h7-15,22-23H,16-19H2,1-6H3/t22-,23-/m1/s1. The maximum absolute atomic E-state index is 12.9. The molecule has 2 atom stereocenters. The predicted molar refractivity (Wildman–Crippen MR) is 132 cm³/mol. The van der Waals surface area contributed by atoms with Gasteiger partial charge in [0.25, 0.3) is 10.1 Å². The Morgan fingerprint density at radius 3 is 2.25 bits per heavy atom. The van der Waals surface area contributed by atoms with Crippen LogP contribution in [-0.2, 0) is 25.3 Å². The first-order valence-electron chi connectivity index (χ1n) is 11.3. The number of hydrogen-bond donors (Lipinski definition) is 0. The van der Waals surface area contributed by atoms with Crippen molar-refractivity contribution in [2.75, 3.05) is 13.2 Å². The van der Waals surface area contributed by atoms with Gasteiger partial charge in [0, 0.05) is 25.7 Å². The zero-order chi connectivity index (χ0) is 23.6. The lowest BCUT2D eigenvalue weighted by molar-refractivity contribution is 0.155. The SMILES string of the molecule is Cc1ccc(S(=O)(=O)O[C@@H]2C[C@H](CO[Si](C)(C)C(C)(C)C)N(Cc3ccccc3)C2)cc1. The molecule has 1 aliphatic heterocycles. The van der Waals surface area contributed by atoms with Gasteiger partial charge in [-0.2, -0.15) is 8.42 Å². The lowest BCUT2D eigenvalue weighted by Crippen LogP contribution is -2.44. The van der Waals surface area contributed by atoms with Crippen LogP contribution in [0.5, 0.6) is 0 Å². The molecular formula is C25H37NO4SSi. The van der Waals surface area contributed by atoms with Crippen LogP contribution in [0.25, 0.3) is 0 Å². The number of hydrogen-bond acceptors (Lipinski definition) is 5. The molecule has 3 rings (SSSR count). The summed E-state index contributed by atoms with van der Waals surface area (Å²) in [6.07, 6.45) is 0.241. The van der Waals surface area contributed by atoms with Crippen molar-refractivity contribution in [2.24, 2.45) is 0 Å². The number of likely N-dealkylation sites (tertiary alicyclic amines) is 1. The highest BCUT2D eigenvalue weighted by atomic mass is 32.2. The minimum atomic E-state index is -3.81. The number of rotatable bonds is 8. The van der Waals surface area contributed by atoms with E-state index in [0.29, 0.717) is 19.6 Å². The Morgan fingerprint density at radius 2 is 1.66 bits per heavy atom. The first-order chi connectivity index (χ1) is 14.9. The molecule has 1 saturated heterocycles. The summed E-state index contributed by atoms with van der Waals surface area (Å²) < 4.78 is 37.9. The van der Waals surface area contributed by atoms with Gasteiger partial charge in [-0.15, -0.1) is 0 Å². The highest BCUT2D eigenvalue weighted by Gasteiger charge is 2.41. The average molecular weight is 476 g/mol. The lowest BCUT2D eigenvalue weighted by Gasteiger charge is -2.38. The zero-order valence-electron chi connectivity index (χ0n) is 20.2. The number of nitrogens with zero attached hydrogens (tertiary/aromatic N) is 1. The molecule has 1 aliphatic rings. The van der Waals surface area contributed by atoms with Crippen molar-refractivity contribution in [1.29, 1.82) is 0 Å². The molecule has 2 aromatic carbocycles. The van der Waals surface area contributed by atoms with E-state index in [1.165, 1.54) is 5.56 Å². The third-order valence-electron chi connectivity index (χ3n) is 6.73. The molecule has 0 aliphatic carbocycles. The second kappa shape index (κ2) is 9.77. The minimum Gasteiger partial charge on any atom is -0.415 e. The van der Waals surface area contributed by atoms with Crippen LogP contribution in [0.2, 0.25) is 18.1 Å². The molecule has 1 heterocycles. The fourth-order valence-corrected chi connectivity index (χ4v) is 5.77. The topological polar surface area (TPSA) is 55.8 Å². The van der Waals surface area contributed by atoms with E-state index < -0.39 is 24.5 Å². The maximum atomic E-state index is 12.9. The van der Waals surface area contributed by atoms with Crippen LogP contribution < -0.4 is 0 Å². The molecule has 0 unspecified atom stereocenters. The molecule has 32 heavy (non-hydrogen) atoms. The van der Waals surface area contributed by atoms with Gasteiger partial charge < -0.3 is 4.43 Å². The van der Waals surface area contributed by atoms with Crippen LogP contribution in [0.3, 0.4) is 0 Å². The molecule has 0 aromatic heterocycles. The van der Waals surface area contributed by atoms with Crippen LogP contribution in [-0.4, -0.2) is 46.9 Å². The Balaban J connectivity index is 1.74. The molecule has 5 nitrogen and oxygen atoms in total. The van der Waals surface area contributed by atoms with Crippen LogP contribution >= 0.6 is 0 Å². The lowest BCUT2D eigenvalue weighted by atomic mass is 10.2. The van der Waals surface area contributed by atoms with Crippen LogP contribution in [0.1, 0.15) is 38.3 Å². The van der Waals surface area contributed by atoms with Crippen LogP contribution in [0.15, 0.2) is 59.5 Å². The highest BCUT2D eigenvalue weighted by Crippen LogP contribution is 2.37. The van der Waals surface area contributed by atoms with Crippen molar-refractivity contribution >= 4 is 18.4 Å². The third-order valence-corrected chi connectivity index (χ3v) is 12.6. The van der Waals surface area contributed by atoms with Crippen molar-refractivity contribution in [2.45, 2.75) is 75.8 Å². The molecule has 0 bridgehead atoms. The summed E-state index contributed by atoms with van der Waals surface area (Å²) >= 11 is 0. The summed E-state index contributed by atoms with van der Waals surface area (Å²) in [6, 6.07) is 17.2. The van der Waals surface area contributed by atoms with Crippen molar-refractivity contribution in [3.05, 3.63) is 65.7 Å². The molecule has 176 valence electrons. The van der Waals surface area contributed by atoms with E-state index >= 15 is 0 Å². The summed E-state index contributed by atoms with van der Waals surface area (Å²) in [7, 11) is -5.71. The largest absolute Gasteiger partial charge is 0.415 e. The monoisotopic (exact) mass is 475 g/mol. The van der Waals surface area contributed by atoms with Crippen LogP contribution in [0, 0.1) is 6.92 Å². The molecule has 0 amide bonds. The Labute approximate surface area is 195 Å². The first-order valence-corrected chi connectivity index (χ1v) is 15.6. The predicted octanol–water partition coefficient (Wildman–Crippen LogP) is 5.37. The Kier molecular flexibility index (Phi) is 7.67. The highest BCUT2D eigenvalue weighted by molar-refractivity contribution is 7.86. The minimum absolute atomic E-state index is 0.113. The van der Waals surface area contributed by atoms with Gasteiger partial charge in [-0.1, -0.05) is 68.8 Å². The third kappa shape index (κ3) is 6.29. The smallest absolute Gasteiger partial charge is 0.297 e. The second-order valence-corrected chi connectivity index (χ2v) is 16.7. The Bertz CT molecular complexity index is 985. The van der Waals surface area contributed by atoms with E-state index in [9.17, 15) is 8.42 Å². The fourth-order valence-electron chi connectivity index (χ4n) is 3.65. The van der Waals surface area contributed by atoms with E-state index in [2.05, 4.69) is 50.9 Å². The molecule has 0 spiro atoms. The first kappa shape index (κ1) is 25.1. The number of benzene rings is 2. The van der Waals surface area contributed by atoms with E-state index in [-0.39, 0.29) is 16.0 Å². The molecule has 0 saturated carbocycles. The molecule has 2 aromatic rings. The van der Waals surface area contributed by atoms with Crippen molar-refractivity contribution < 1.29 is 17.0 Å². The van der Waals surface area contributed by atoms with Crippen molar-refractivity contribution in [1.82, 2.24) is 4.90 Å². The number of aryl methyl sites for hydroxylation is 1. The van der Waals surface area contributed by atoms with E-state index in [1.807, 2.05) is 25.1 Å². The van der Waals surface area contributed by atoms with E-state index in [0.717, 1.165) is 12.1 Å². The van der Waals surface area contributed by atoms with Crippen molar-refractivity contribution in [3.8, 4) is 0 Å². The second-order valence-electron chi connectivity index (χ2n) is 10.4. The van der Waals surface area contributed by atoms with Gasteiger partial charge in [0.05, 0.1) is 11.0 Å². The molecular weight excluding hydrogens is 438 g/mol. The maximum Gasteiger partial charge on any atom is 0.297 e. The van der Waals surface area contributed by atoms with Crippen molar-refractivity contribution in [3.63, 3.8) is 0 Å². The molecule has 1 fully saturated rings. The molecule has 0 radical (unpaired) electrons. The van der Waals surface area contributed by atoms with Gasteiger partial charge in [0.1, 0.15) is 0 Å².